The van der Waals surface area contributed by atoms with Crippen LogP contribution in [0.3, 0.4) is 0 Å². The second-order valence-corrected chi connectivity index (χ2v) is 5.40. The average molecular weight is 290 g/mol. The SMILES string of the molecule is O=C(C=Cc1c(Cl)nc2ccccn12)NC1CCCC1. The minimum Gasteiger partial charge on any atom is -0.350 e. The number of halogens is 1. The third-order valence-corrected chi connectivity index (χ3v) is 3.89. The van der Waals surface area contributed by atoms with Crippen LogP contribution in [0.15, 0.2) is 30.5 Å². The van der Waals surface area contributed by atoms with Gasteiger partial charge in [0.05, 0.1) is 5.69 Å². The van der Waals surface area contributed by atoms with Crippen molar-refractivity contribution in [1.29, 1.82) is 0 Å². The number of fused-ring (bicyclic) bond motifs is 1. The smallest absolute Gasteiger partial charge is 0.244 e. The predicted octanol–water partition coefficient (Wildman–Crippen LogP) is 3.06. The molecule has 2 heterocycles. The quantitative estimate of drug-likeness (QED) is 0.883. The molecule has 1 fully saturated rings. The second-order valence-electron chi connectivity index (χ2n) is 5.04. The van der Waals surface area contributed by atoms with Crippen LogP contribution in [0.2, 0.25) is 5.15 Å². The van der Waals surface area contributed by atoms with Gasteiger partial charge in [-0.25, -0.2) is 4.98 Å². The van der Waals surface area contributed by atoms with E-state index in [4.69, 9.17) is 11.6 Å². The lowest BCUT2D eigenvalue weighted by Crippen LogP contribution is -2.30. The van der Waals surface area contributed by atoms with Crippen molar-refractivity contribution in [1.82, 2.24) is 14.7 Å². The third-order valence-electron chi connectivity index (χ3n) is 3.62. The highest BCUT2D eigenvalue weighted by atomic mass is 35.5. The van der Waals surface area contributed by atoms with Gasteiger partial charge in [-0.05, 0) is 31.1 Å². The zero-order chi connectivity index (χ0) is 13.9. The van der Waals surface area contributed by atoms with E-state index in [0.29, 0.717) is 11.2 Å². The van der Waals surface area contributed by atoms with Gasteiger partial charge >= 0.3 is 0 Å². The Kier molecular flexibility index (Phi) is 3.74. The van der Waals surface area contributed by atoms with Crippen molar-refractivity contribution in [3.63, 3.8) is 0 Å². The molecule has 1 N–H and O–H groups in total. The molecule has 0 unspecified atom stereocenters. The van der Waals surface area contributed by atoms with Crippen LogP contribution in [0.4, 0.5) is 0 Å². The monoisotopic (exact) mass is 289 g/mol. The number of nitrogens with one attached hydrogen (secondary N) is 1. The molecule has 0 bridgehead atoms. The Hall–Kier alpha value is -1.81. The number of hydrogen-bond donors (Lipinski definition) is 1. The molecule has 1 saturated carbocycles. The van der Waals surface area contributed by atoms with E-state index in [-0.39, 0.29) is 5.91 Å². The summed E-state index contributed by atoms with van der Waals surface area (Å²) in [6.07, 6.45) is 9.68. The summed E-state index contributed by atoms with van der Waals surface area (Å²) >= 11 is 6.11. The third kappa shape index (κ3) is 2.70. The molecule has 3 rings (SSSR count). The van der Waals surface area contributed by atoms with E-state index >= 15 is 0 Å². The lowest BCUT2D eigenvalue weighted by molar-refractivity contribution is -0.117. The van der Waals surface area contributed by atoms with Crippen molar-refractivity contribution in [2.24, 2.45) is 0 Å². The standard InChI is InChI=1S/C15H16ClN3O/c16-15-12(19-10-4-3-7-13(19)18-15)8-9-14(20)17-11-5-1-2-6-11/h3-4,7-11H,1-2,5-6H2,(H,17,20). The zero-order valence-corrected chi connectivity index (χ0v) is 11.8. The first kappa shape index (κ1) is 13.2. The maximum atomic E-state index is 11.9. The van der Waals surface area contributed by atoms with Gasteiger partial charge in [0.1, 0.15) is 5.65 Å². The molecular formula is C15H16ClN3O. The molecule has 4 nitrogen and oxygen atoms in total. The molecule has 104 valence electrons. The van der Waals surface area contributed by atoms with Gasteiger partial charge in [-0.1, -0.05) is 30.5 Å². The molecular weight excluding hydrogens is 274 g/mol. The fourth-order valence-electron chi connectivity index (χ4n) is 2.61. The van der Waals surface area contributed by atoms with E-state index in [9.17, 15) is 4.79 Å². The Labute approximate surface area is 122 Å². The summed E-state index contributed by atoms with van der Waals surface area (Å²) in [5.41, 5.74) is 1.50. The summed E-state index contributed by atoms with van der Waals surface area (Å²) in [6.45, 7) is 0. The van der Waals surface area contributed by atoms with E-state index in [1.807, 2.05) is 28.8 Å². The summed E-state index contributed by atoms with van der Waals surface area (Å²) < 4.78 is 1.86. The van der Waals surface area contributed by atoms with Gasteiger partial charge in [-0.2, -0.15) is 0 Å². The lowest BCUT2D eigenvalue weighted by atomic mass is 10.2. The largest absolute Gasteiger partial charge is 0.350 e. The van der Waals surface area contributed by atoms with Crippen molar-refractivity contribution in [2.45, 2.75) is 31.7 Å². The highest BCUT2D eigenvalue weighted by molar-refractivity contribution is 6.31. The summed E-state index contributed by atoms with van der Waals surface area (Å²) in [6, 6.07) is 6.01. The van der Waals surface area contributed by atoms with Gasteiger partial charge in [-0.3, -0.25) is 9.20 Å². The van der Waals surface area contributed by atoms with Crippen LogP contribution in [0.25, 0.3) is 11.7 Å². The summed E-state index contributed by atoms with van der Waals surface area (Å²) in [4.78, 5) is 16.1. The number of carbonyl (C=O) groups is 1. The summed E-state index contributed by atoms with van der Waals surface area (Å²) in [5, 5.41) is 3.41. The van der Waals surface area contributed by atoms with Crippen LogP contribution < -0.4 is 5.32 Å². The van der Waals surface area contributed by atoms with Gasteiger partial charge in [0.15, 0.2) is 5.15 Å². The number of hydrogen-bond acceptors (Lipinski definition) is 2. The van der Waals surface area contributed by atoms with Gasteiger partial charge in [0, 0.05) is 18.3 Å². The first-order valence-corrected chi connectivity index (χ1v) is 7.23. The minimum atomic E-state index is -0.0705. The lowest BCUT2D eigenvalue weighted by Gasteiger charge is -2.08. The van der Waals surface area contributed by atoms with Crippen molar-refractivity contribution in [3.8, 4) is 0 Å². The second kappa shape index (κ2) is 5.67. The molecule has 0 spiro atoms. The molecule has 20 heavy (non-hydrogen) atoms. The number of amides is 1. The highest BCUT2D eigenvalue weighted by Gasteiger charge is 2.16. The van der Waals surface area contributed by atoms with Crippen LogP contribution in [-0.2, 0) is 4.79 Å². The molecule has 1 aliphatic rings. The molecule has 0 atom stereocenters. The first-order chi connectivity index (χ1) is 9.74. The van der Waals surface area contributed by atoms with Crippen molar-refractivity contribution >= 4 is 29.2 Å². The number of aromatic nitrogens is 2. The van der Waals surface area contributed by atoms with Crippen LogP contribution in [0, 0.1) is 0 Å². The van der Waals surface area contributed by atoms with Crippen LogP contribution in [0.5, 0.6) is 0 Å². The number of pyridine rings is 1. The molecule has 1 aliphatic carbocycles. The fraction of sp³-hybridized carbons (Fsp3) is 0.333. The van der Waals surface area contributed by atoms with E-state index < -0.39 is 0 Å². The topological polar surface area (TPSA) is 46.4 Å². The molecule has 0 aromatic carbocycles. The van der Waals surface area contributed by atoms with E-state index in [0.717, 1.165) is 24.2 Å². The normalized spacial score (nSPS) is 16.2. The Morgan fingerprint density at radius 1 is 1.40 bits per heavy atom. The molecule has 2 aromatic rings. The Morgan fingerprint density at radius 2 is 2.20 bits per heavy atom. The minimum absolute atomic E-state index is 0.0705. The van der Waals surface area contributed by atoms with E-state index in [1.165, 1.54) is 18.9 Å². The number of nitrogens with zero attached hydrogens (tertiary/aromatic N) is 2. The number of imidazole rings is 1. The van der Waals surface area contributed by atoms with Gasteiger partial charge in [0.25, 0.3) is 0 Å². The molecule has 0 aliphatic heterocycles. The maximum Gasteiger partial charge on any atom is 0.244 e. The van der Waals surface area contributed by atoms with E-state index in [1.54, 1.807) is 6.08 Å². The molecule has 5 heteroatoms. The Bertz CT molecular complexity index is 656. The Morgan fingerprint density at radius 3 is 3.00 bits per heavy atom. The summed E-state index contributed by atoms with van der Waals surface area (Å²) in [7, 11) is 0. The fourth-order valence-corrected chi connectivity index (χ4v) is 2.85. The molecule has 1 amide bonds. The average Bonchev–Trinajstić information content (AvgIpc) is 3.03. The van der Waals surface area contributed by atoms with Gasteiger partial charge in [-0.15, -0.1) is 0 Å². The van der Waals surface area contributed by atoms with Gasteiger partial charge in [0.2, 0.25) is 5.91 Å². The van der Waals surface area contributed by atoms with Crippen LogP contribution >= 0.6 is 11.6 Å². The molecule has 0 radical (unpaired) electrons. The first-order valence-electron chi connectivity index (χ1n) is 6.85. The van der Waals surface area contributed by atoms with Crippen molar-refractivity contribution < 1.29 is 4.79 Å². The zero-order valence-electron chi connectivity index (χ0n) is 11.1. The number of carbonyl (C=O) groups excluding carboxylic acids is 1. The number of rotatable bonds is 3. The van der Waals surface area contributed by atoms with Crippen molar-refractivity contribution in [3.05, 3.63) is 41.3 Å². The highest BCUT2D eigenvalue weighted by Crippen LogP contribution is 2.19. The van der Waals surface area contributed by atoms with Crippen LogP contribution in [0.1, 0.15) is 31.4 Å². The van der Waals surface area contributed by atoms with Crippen molar-refractivity contribution in [2.75, 3.05) is 0 Å². The van der Waals surface area contributed by atoms with Crippen LogP contribution in [-0.4, -0.2) is 21.3 Å². The van der Waals surface area contributed by atoms with E-state index in [2.05, 4.69) is 10.3 Å². The summed E-state index contributed by atoms with van der Waals surface area (Å²) in [5.74, 6) is -0.0705. The molecule has 0 saturated heterocycles. The molecule has 2 aromatic heterocycles. The maximum absolute atomic E-state index is 11.9. The van der Waals surface area contributed by atoms with Gasteiger partial charge < -0.3 is 5.32 Å². The predicted molar refractivity (Wildman–Crippen MR) is 79.6 cm³/mol. The Balaban J connectivity index is 1.76.